The van der Waals surface area contributed by atoms with Crippen molar-refractivity contribution in [2.75, 3.05) is 11.9 Å². The SMILES string of the molecule is O=[N+]([O-])c1cc(Br)ccc1NC1CCCC1CCO. The standard InChI is InChI=1S/C13H17BrN2O3/c14-10-4-5-12(13(8-10)16(18)19)15-11-3-1-2-9(11)6-7-17/h4-5,8-9,11,15,17H,1-3,6-7H2. The quantitative estimate of drug-likeness (QED) is 0.642. The topological polar surface area (TPSA) is 75.4 Å². The van der Waals surface area contributed by atoms with E-state index in [1.54, 1.807) is 12.1 Å². The summed E-state index contributed by atoms with van der Waals surface area (Å²) in [7, 11) is 0. The van der Waals surface area contributed by atoms with Crippen molar-refractivity contribution in [2.24, 2.45) is 5.92 Å². The first-order valence-electron chi connectivity index (χ1n) is 6.43. The van der Waals surface area contributed by atoms with Gasteiger partial charge >= 0.3 is 0 Å². The minimum absolute atomic E-state index is 0.0871. The van der Waals surface area contributed by atoms with Gasteiger partial charge in [-0.25, -0.2) is 0 Å². The second kappa shape index (κ2) is 6.34. The zero-order valence-electron chi connectivity index (χ0n) is 10.5. The van der Waals surface area contributed by atoms with Crippen molar-refractivity contribution in [2.45, 2.75) is 31.7 Å². The van der Waals surface area contributed by atoms with E-state index in [0.717, 1.165) is 25.7 Å². The molecule has 2 rings (SSSR count). The maximum absolute atomic E-state index is 11.1. The Morgan fingerprint density at radius 1 is 1.47 bits per heavy atom. The third-order valence-corrected chi connectivity index (χ3v) is 4.15. The van der Waals surface area contributed by atoms with Crippen molar-refractivity contribution in [3.63, 3.8) is 0 Å². The van der Waals surface area contributed by atoms with Gasteiger partial charge in [-0.2, -0.15) is 0 Å². The molecule has 2 N–H and O–H groups in total. The molecule has 0 amide bonds. The number of anilines is 1. The lowest BCUT2D eigenvalue weighted by Crippen LogP contribution is -2.25. The van der Waals surface area contributed by atoms with Crippen LogP contribution in [0, 0.1) is 16.0 Å². The van der Waals surface area contributed by atoms with E-state index in [1.807, 2.05) is 0 Å². The molecule has 0 saturated heterocycles. The van der Waals surface area contributed by atoms with Gasteiger partial charge in [0.2, 0.25) is 0 Å². The molecular formula is C13H17BrN2O3. The molecule has 0 aromatic heterocycles. The molecule has 0 radical (unpaired) electrons. The molecule has 0 heterocycles. The Bertz CT molecular complexity index is 467. The molecule has 2 atom stereocenters. The molecule has 1 fully saturated rings. The van der Waals surface area contributed by atoms with Crippen LogP contribution in [-0.2, 0) is 0 Å². The zero-order chi connectivity index (χ0) is 13.8. The van der Waals surface area contributed by atoms with E-state index in [2.05, 4.69) is 21.2 Å². The number of rotatable bonds is 5. The van der Waals surface area contributed by atoms with Crippen LogP contribution in [0.4, 0.5) is 11.4 Å². The second-order valence-electron chi connectivity index (χ2n) is 4.87. The Kier molecular flexibility index (Phi) is 4.76. The third-order valence-electron chi connectivity index (χ3n) is 3.66. The number of hydrogen-bond donors (Lipinski definition) is 2. The minimum atomic E-state index is -0.372. The highest BCUT2D eigenvalue weighted by atomic mass is 79.9. The average Bonchev–Trinajstić information content (AvgIpc) is 2.79. The van der Waals surface area contributed by atoms with Crippen LogP contribution in [0.25, 0.3) is 0 Å². The van der Waals surface area contributed by atoms with Crippen molar-refractivity contribution in [1.82, 2.24) is 0 Å². The summed E-state index contributed by atoms with van der Waals surface area (Å²) in [5, 5.41) is 23.4. The van der Waals surface area contributed by atoms with Crippen LogP contribution in [0.1, 0.15) is 25.7 Å². The van der Waals surface area contributed by atoms with E-state index in [4.69, 9.17) is 5.11 Å². The number of nitro groups is 1. The highest BCUT2D eigenvalue weighted by Crippen LogP contribution is 2.34. The molecule has 1 saturated carbocycles. The number of nitro benzene ring substituents is 1. The number of nitrogens with one attached hydrogen (secondary N) is 1. The van der Waals surface area contributed by atoms with Crippen molar-refractivity contribution in [3.05, 3.63) is 32.8 Å². The van der Waals surface area contributed by atoms with Crippen molar-refractivity contribution >= 4 is 27.3 Å². The Morgan fingerprint density at radius 3 is 2.95 bits per heavy atom. The van der Waals surface area contributed by atoms with E-state index in [9.17, 15) is 10.1 Å². The van der Waals surface area contributed by atoms with Gasteiger partial charge in [-0.3, -0.25) is 10.1 Å². The zero-order valence-corrected chi connectivity index (χ0v) is 12.1. The first-order chi connectivity index (χ1) is 9.11. The number of nitrogens with zero attached hydrogens (tertiary/aromatic N) is 1. The van der Waals surface area contributed by atoms with E-state index >= 15 is 0 Å². The molecule has 1 aliphatic carbocycles. The Morgan fingerprint density at radius 2 is 2.26 bits per heavy atom. The van der Waals surface area contributed by atoms with Crippen molar-refractivity contribution in [1.29, 1.82) is 0 Å². The van der Waals surface area contributed by atoms with Gasteiger partial charge in [-0.05, 0) is 37.3 Å². The van der Waals surface area contributed by atoms with Gasteiger partial charge in [-0.1, -0.05) is 22.4 Å². The normalized spacial score (nSPS) is 22.4. The molecule has 1 aromatic rings. The maximum Gasteiger partial charge on any atom is 0.293 e. The van der Waals surface area contributed by atoms with E-state index < -0.39 is 0 Å². The van der Waals surface area contributed by atoms with Gasteiger partial charge < -0.3 is 10.4 Å². The minimum Gasteiger partial charge on any atom is -0.396 e. The molecule has 1 aromatic carbocycles. The lowest BCUT2D eigenvalue weighted by Gasteiger charge is -2.21. The van der Waals surface area contributed by atoms with Gasteiger partial charge in [0, 0.05) is 23.2 Å². The lowest BCUT2D eigenvalue weighted by molar-refractivity contribution is -0.384. The highest BCUT2D eigenvalue weighted by Gasteiger charge is 2.28. The fraction of sp³-hybridized carbons (Fsp3) is 0.538. The molecule has 0 aliphatic heterocycles. The van der Waals surface area contributed by atoms with Crippen LogP contribution in [0.2, 0.25) is 0 Å². The number of benzene rings is 1. The van der Waals surface area contributed by atoms with E-state index in [0.29, 0.717) is 16.1 Å². The Balaban J connectivity index is 2.16. The van der Waals surface area contributed by atoms with Crippen molar-refractivity contribution in [3.8, 4) is 0 Å². The van der Waals surface area contributed by atoms with Gasteiger partial charge in [-0.15, -0.1) is 0 Å². The molecule has 2 unspecified atom stereocenters. The first kappa shape index (κ1) is 14.3. The summed E-state index contributed by atoms with van der Waals surface area (Å²) in [6.45, 7) is 0.172. The number of halogens is 1. The van der Waals surface area contributed by atoms with Gasteiger partial charge in [0.05, 0.1) is 4.92 Å². The fourth-order valence-corrected chi connectivity index (χ4v) is 3.06. The summed E-state index contributed by atoms with van der Waals surface area (Å²) in [6.07, 6.45) is 3.93. The molecule has 6 heteroatoms. The third kappa shape index (κ3) is 3.45. The summed E-state index contributed by atoms with van der Waals surface area (Å²) >= 11 is 3.25. The Labute approximate surface area is 120 Å². The first-order valence-corrected chi connectivity index (χ1v) is 7.22. The Hall–Kier alpha value is -1.14. The molecule has 5 nitrogen and oxygen atoms in total. The van der Waals surface area contributed by atoms with E-state index in [-0.39, 0.29) is 23.3 Å². The molecule has 1 aliphatic rings. The maximum atomic E-state index is 11.1. The molecule has 0 bridgehead atoms. The molecule has 0 spiro atoms. The van der Waals surface area contributed by atoms with Gasteiger partial charge in [0.1, 0.15) is 5.69 Å². The summed E-state index contributed by atoms with van der Waals surface area (Å²) in [5.74, 6) is 0.397. The lowest BCUT2D eigenvalue weighted by atomic mass is 9.99. The second-order valence-corrected chi connectivity index (χ2v) is 5.79. The van der Waals surface area contributed by atoms with Crippen LogP contribution >= 0.6 is 15.9 Å². The van der Waals surface area contributed by atoms with Gasteiger partial charge in [0.15, 0.2) is 0 Å². The fourth-order valence-electron chi connectivity index (χ4n) is 2.72. The van der Waals surface area contributed by atoms with Crippen LogP contribution in [0.15, 0.2) is 22.7 Å². The average molecular weight is 329 g/mol. The van der Waals surface area contributed by atoms with Crippen LogP contribution in [0.3, 0.4) is 0 Å². The molecule has 104 valence electrons. The smallest absolute Gasteiger partial charge is 0.293 e. The number of aliphatic hydroxyl groups excluding tert-OH is 1. The van der Waals surface area contributed by atoms with E-state index in [1.165, 1.54) is 6.07 Å². The van der Waals surface area contributed by atoms with Crippen LogP contribution in [0.5, 0.6) is 0 Å². The number of aliphatic hydroxyl groups is 1. The largest absolute Gasteiger partial charge is 0.396 e. The monoisotopic (exact) mass is 328 g/mol. The predicted molar refractivity (Wildman–Crippen MR) is 77.3 cm³/mol. The molecular weight excluding hydrogens is 312 g/mol. The van der Waals surface area contributed by atoms with Crippen molar-refractivity contribution < 1.29 is 10.0 Å². The van der Waals surface area contributed by atoms with Gasteiger partial charge in [0.25, 0.3) is 5.69 Å². The number of hydrogen-bond acceptors (Lipinski definition) is 4. The summed E-state index contributed by atoms with van der Waals surface area (Å²) in [4.78, 5) is 10.7. The predicted octanol–water partition coefficient (Wildman–Crippen LogP) is 3.32. The highest BCUT2D eigenvalue weighted by molar-refractivity contribution is 9.10. The molecule has 19 heavy (non-hydrogen) atoms. The summed E-state index contributed by atoms with van der Waals surface area (Å²) in [5.41, 5.74) is 0.645. The van der Waals surface area contributed by atoms with Crippen LogP contribution < -0.4 is 5.32 Å². The summed E-state index contributed by atoms with van der Waals surface area (Å²) < 4.78 is 0.697. The summed E-state index contributed by atoms with van der Waals surface area (Å²) in [6, 6.07) is 5.26. The van der Waals surface area contributed by atoms with Crippen LogP contribution in [-0.4, -0.2) is 22.7 Å².